The molecule has 2 nitrogen and oxygen atoms in total. The van der Waals surface area contributed by atoms with E-state index in [2.05, 4.69) is 48.5 Å². The monoisotopic (exact) mass is 339 g/mol. The summed E-state index contributed by atoms with van der Waals surface area (Å²) < 4.78 is 6.94. The average molecular weight is 340 g/mol. The van der Waals surface area contributed by atoms with E-state index >= 15 is 0 Å². The summed E-state index contributed by atoms with van der Waals surface area (Å²) in [6, 6.07) is 8.04. The number of ether oxygens (including phenoxy) is 1. The van der Waals surface area contributed by atoms with Gasteiger partial charge in [0, 0.05) is 12.1 Å². The van der Waals surface area contributed by atoms with E-state index in [9.17, 15) is 0 Å². The van der Waals surface area contributed by atoms with Crippen molar-refractivity contribution in [3.63, 3.8) is 0 Å². The van der Waals surface area contributed by atoms with Crippen LogP contribution in [-0.2, 0) is 0 Å². The highest BCUT2D eigenvalue weighted by Crippen LogP contribution is 2.43. The van der Waals surface area contributed by atoms with Gasteiger partial charge in [0.2, 0.25) is 0 Å². The SMILES string of the molecule is CC1(C)CCCN(CCOc2ccccc2Br)C1(C)C. The molecule has 2 rings (SSSR count). The van der Waals surface area contributed by atoms with Crippen molar-refractivity contribution in [2.45, 2.75) is 46.1 Å². The van der Waals surface area contributed by atoms with Crippen molar-refractivity contribution in [1.82, 2.24) is 4.90 Å². The molecule has 1 aliphatic rings. The van der Waals surface area contributed by atoms with Crippen LogP contribution < -0.4 is 4.74 Å². The second kappa shape index (κ2) is 6.07. The van der Waals surface area contributed by atoms with Gasteiger partial charge in [-0.15, -0.1) is 0 Å². The molecule has 1 aromatic rings. The quantitative estimate of drug-likeness (QED) is 0.786. The number of piperidine rings is 1. The summed E-state index contributed by atoms with van der Waals surface area (Å²) in [5, 5.41) is 0. The number of rotatable bonds is 4. The highest BCUT2D eigenvalue weighted by molar-refractivity contribution is 9.10. The molecule has 0 atom stereocenters. The van der Waals surface area contributed by atoms with Crippen LogP contribution in [0.2, 0.25) is 0 Å². The smallest absolute Gasteiger partial charge is 0.133 e. The Balaban J connectivity index is 1.92. The lowest BCUT2D eigenvalue weighted by atomic mass is 9.68. The topological polar surface area (TPSA) is 12.5 Å². The third kappa shape index (κ3) is 3.20. The molecule has 0 N–H and O–H groups in total. The molecule has 1 aromatic carbocycles. The van der Waals surface area contributed by atoms with Gasteiger partial charge in [0.25, 0.3) is 0 Å². The first-order valence-corrected chi connectivity index (χ1v) is 8.26. The van der Waals surface area contributed by atoms with Crippen molar-refractivity contribution in [2.75, 3.05) is 19.7 Å². The van der Waals surface area contributed by atoms with E-state index in [-0.39, 0.29) is 5.54 Å². The maximum atomic E-state index is 5.91. The van der Waals surface area contributed by atoms with Gasteiger partial charge in [0.15, 0.2) is 0 Å². The van der Waals surface area contributed by atoms with Crippen LogP contribution >= 0.6 is 15.9 Å². The standard InChI is InChI=1S/C17H26BrNO/c1-16(2)10-7-11-19(17(16,3)4)12-13-20-15-9-6-5-8-14(15)18/h5-6,8-9H,7,10-13H2,1-4H3. The van der Waals surface area contributed by atoms with E-state index in [1.807, 2.05) is 24.3 Å². The summed E-state index contributed by atoms with van der Waals surface area (Å²) in [5.74, 6) is 0.932. The van der Waals surface area contributed by atoms with E-state index in [0.29, 0.717) is 5.41 Å². The lowest BCUT2D eigenvalue weighted by molar-refractivity contribution is -0.0359. The lowest BCUT2D eigenvalue weighted by Crippen LogP contribution is -2.58. The average Bonchev–Trinajstić information content (AvgIpc) is 2.37. The number of hydrogen-bond acceptors (Lipinski definition) is 2. The van der Waals surface area contributed by atoms with Gasteiger partial charge in [-0.25, -0.2) is 0 Å². The molecule has 0 radical (unpaired) electrons. The zero-order valence-corrected chi connectivity index (χ0v) is 14.7. The molecule has 3 heteroatoms. The first-order chi connectivity index (χ1) is 9.34. The Kier molecular flexibility index (Phi) is 4.80. The van der Waals surface area contributed by atoms with Gasteiger partial charge in [-0.2, -0.15) is 0 Å². The molecule has 1 aliphatic heterocycles. The Morgan fingerprint density at radius 2 is 1.90 bits per heavy atom. The zero-order valence-electron chi connectivity index (χ0n) is 13.1. The number of nitrogens with zero attached hydrogens (tertiary/aromatic N) is 1. The Morgan fingerprint density at radius 3 is 2.60 bits per heavy atom. The lowest BCUT2D eigenvalue weighted by Gasteiger charge is -2.53. The van der Waals surface area contributed by atoms with Gasteiger partial charge in [0.05, 0.1) is 4.47 Å². The normalized spacial score (nSPS) is 21.6. The molecule has 0 unspecified atom stereocenters. The summed E-state index contributed by atoms with van der Waals surface area (Å²) in [5.41, 5.74) is 0.584. The predicted octanol–water partition coefficient (Wildman–Crippen LogP) is 4.73. The van der Waals surface area contributed by atoms with Crippen LogP contribution in [0, 0.1) is 5.41 Å². The molecule has 0 spiro atoms. The van der Waals surface area contributed by atoms with E-state index in [0.717, 1.165) is 23.4 Å². The number of likely N-dealkylation sites (tertiary alicyclic amines) is 1. The molecule has 0 bridgehead atoms. The molecule has 0 aromatic heterocycles. The summed E-state index contributed by atoms with van der Waals surface area (Å²) in [6.07, 6.45) is 2.59. The molecule has 1 saturated heterocycles. The fourth-order valence-electron chi connectivity index (χ4n) is 2.94. The van der Waals surface area contributed by atoms with Gasteiger partial charge in [0.1, 0.15) is 12.4 Å². The second-order valence-corrected chi connectivity index (χ2v) is 7.67. The third-order valence-electron chi connectivity index (χ3n) is 5.13. The Morgan fingerprint density at radius 1 is 1.20 bits per heavy atom. The molecule has 20 heavy (non-hydrogen) atoms. The Labute approximate surface area is 131 Å². The molecule has 0 amide bonds. The van der Waals surface area contributed by atoms with Gasteiger partial charge < -0.3 is 4.74 Å². The Bertz CT molecular complexity index is 456. The van der Waals surface area contributed by atoms with Crippen LogP contribution in [0.3, 0.4) is 0 Å². The molecule has 1 fully saturated rings. The van der Waals surface area contributed by atoms with Gasteiger partial charge in [-0.3, -0.25) is 4.90 Å². The molecule has 0 aliphatic carbocycles. The molecule has 112 valence electrons. The number of halogens is 1. The van der Waals surface area contributed by atoms with Crippen molar-refractivity contribution in [3.8, 4) is 5.75 Å². The number of para-hydroxylation sites is 1. The maximum absolute atomic E-state index is 5.91. The fraction of sp³-hybridized carbons (Fsp3) is 0.647. The Hall–Kier alpha value is -0.540. The summed E-state index contributed by atoms with van der Waals surface area (Å²) in [7, 11) is 0. The highest BCUT2D eigenvalue weighted by Gasteiger charge is 2.43. The number of hydrogen-bond donors (Lipinski definition) is 0. The summed E-state index contributed by atoms with van der Waals surface area (Å²) >= 11 is 3.52. The van der Waals surface area contributed by atoms with E-state index in [1.165, 1.54) is 19.4 Å². The number of benzene rings is 1. The van der Waals surface area contributed by atoms with Crippen LogP contribution in [0.15, 0.2) is 28.7 Å². The minimum atomic E-state index is 0.225. The fourth-order valence-corrected chi connectivity index (χ4v) is 3.34. The maximum Gasteiger partial charge on any atom is 0.133 e. The molecule has 1 heterocycles. The zero-order chi connectivity index (χ0) is 14.8. The van der Waals surface area contributed by atoms with Crippen molar-refractivity contribution < 1.29 is 4.74 Å². The van der Waals surface area contributed by atoms with Gasteiger partial charge in [-0.05, 0) is 66.7 Å². The van der Waals surface area contributed by atoms with Crippen molar-refractivity contribution >= 4 is 15.9 Å². The van der Waals surface area contributed by atoms with Crippen molar-refractivity contribution in [1.29, 1.82) is 0 Å². The minimum absolute atomic E-state index is 0.225. The first-order valence-electron chi connectivity index (χ1n) is 7.47. The van der Waals surface area contributed by atoms with Crippen LogP contribution in [0.25, 0.3) is 0 Å². The second-order valence-electron chi connectivity index (χ2n) is 6.81. The van der Waals surface area contributed by atoms with Crippen LogP contribution in [-0.4, -0.2) is 30.1 Å². The van der Waals surface area contributed by atoms with E-state index in [1.54, 1.807) is 0 Å². The van der Waals surface area contributed by atoms with Crippen molar-refractivity contribution in [3.05, 3.63) is 28.7 Å². The van der Waals surface area contributed by atoms with Crippen LogP contribution in [0.1, 0.15) is 40.5 Å². The largest absolute Gasteiger partial charge is 0.491 e. The molecular formula is C17H26BrNO. The third-order valence-corrected chi connectivity index (χ3v) is 5.79. The van der Waals surface area contributed by atoms with Gasteiger partial charge in [-0.1, -0.05) is 26.0 Å². The van der Waals surface area contributed by atoms with E-state index in [4.69, 9.17) is 4.74 Å². The predicted molar refractivity (Wildman–Crippen MR) is 88.3 cm³/mol. The van der Waals surface area contributed by atoms with Crippen LogP contribution in [0.4, 0.5) is 0 Å². The summed E-state index contributed by atoms with van der Waals surface area (Å²) in [6.45, 7) is 12.4. The van der Waals surface area contributed by atoms with E-state index < -0.39 is 0 Å². The minimum Gasteiger partial charge on any atom is -0.491 e. The first kappa shape index (κ1) is 15.8. The molecule has 0 saturated carbocycles. The highest BCUT2D eigenvalue weighted by atomic mass is 79.9. The van der Waals surface area contributed by atoms with Crippen LogP contribution in [0.5, 0.6) is 5.75 Å². The molecular weight excluding hydrogens is 314 g/mol. The van der Waals surface area contributed by atoms with Gasteiger partial charge >= 0.3 is 0 Å². The summed E-state index contributed by atoms with van der Waals surface area (Å²) in [4.78, 5) is 2.58. The van der Waals surface area contributed by atoms with Crippen molar-refractivity contribution in [2.24, 2.45) is 5.41 Å².